The maximum atomic E-state index is 11.9. The van der Waals surface area contributed by atoms with Crippen LogP contribution in [0.4, 0.5) is 0 Å². The number of hydrogen-bond donors (Lipinski definition) is 0. The number of aromatic nitrogens is 1. The number of nitrogens with zero attached hydrogens (tertiary/aromatic N) is 1. The minimum Gasteiger partial charge on any atom is -0.299 e. The van der Waals surface area contributed by atoms with Crippen molar-refractivity contribution in [2.45, 2.75) is 47.0 Å². The third-order valence-corrected chi connectivity index (χ3v) is 4.50. The zero-order valence-electron chi connectivity index (χ0n) is 14.0. The van der Waals surface area contributed by atoms with Crippen LogP contribution in [0.1, 0.15) is 43.5 Å². The molecule has 2 heteroatoms. The van der Waals surface area contributed by atoms with Crippen molar-refractivity contribution in [2.24, 2.45) is 5.92 Å². The molecule has 1 heterocycles. The van der Waals surface area contributed by atoms with Crippen molar-refractivity contribution in [1.82, 2.24) is 4.98 Å². The summed E-state index contributed by atoms with van der Waals surface area (Å²) in [4.78, 5) is 16.2. The SMILES string of the molecule is CCC(=O)C(CC)Cc1ccc(-c2ccnc(C)c2C)cc1. The van der Waals surface area contributed by atoms with Gasteiger partial charge in [0.05, 0.1) is 0 Å². The lowest BCUT2D eigenvalue weighted by atomic mass is 9.90. The molecule has 0 fully saturated rings. The highest BCUT2D eigenvalue weighted by Crippen LogP contribution is 2.25. The van der Waals surface area contributed by atoms with Gasteiger partial charge in [0.15, 0.2) is 0 Å². The molecule has 0 aliphatic heterocycles. The van der Waals surface area contributed by atoms with Gasteiger partial charge in [0.2, 0.25) is 0 Å². The summed E-state index contributed by atoms with van der Waals surface area (Å²) in [7, 11) is 0. The number of pyridine rings is 1. The minimum atomic E-state index is 0.153. The number of hydrogen-bond acceptors (Lipinski definition) is 2. The van der Waals surface area contributed by atoms with E-state index in [-0.39, 0.29) is 5.92 Å². The summed E-state index contributed by atoms with van der Waals surface area (Å²) in [5, 5.41) is 0. The normalized spacial score (nSPS) is 12.2. The summed E-state index contributed by atoms with van der Waals surface area (Å²) in [6, 6.07) is 10.7. The van der Waals surface area contributed by atoms with Gasteiger partial charge in [-0.2, -0.15) is 0 Å². The molecule has 0 amide bonds. The Morgan fingerprint density at radius 1 is 1.09 bits per heavy atom. The van der Waals surface area contributed by atoms with E-state index in [1.54, 1.807) is 0 Å². The van der Waals surface area contributed by atoms with Crippen LogP contribution in [0.2, 0.25) is 0 Å². The van der Waals surface area contributed by atoms with E-state index in [0.717, 1.165) is 18.5 Å². The Kier molecular flexibility index (Phi) is 5.48. The zero-order valence-corrected chi connectivity index (χ0v) is 14.0. The second-order valence-corrected chi connectivity index (χ2v) is 5.90. The first-order valence-electron chi connectivity index (χ1n) is 8.11. The van der Waals surface area contributed by atoms with Crippen LogP contribution < -0.4 is 0 Å². The van der Waals surface area contributed by atoms with Crippen molar-refractivity contribution in [2.75, 3.05) is 0 Å². The molecule has 0 spiro atoms. The van der Waals surface area contributed by atoms with E-state index >= 15 is 0 Å². The third kappa shape index (κ3) is 3.62. The van der Waals surface area contributed by atoms with Gasteiger partial charge < -0.3 is 0 Å². The van der Waals surface area contributed by atoms with Crippen LogP contribution in [0.3, 0.4) is 0 Å². The molecular formula is C20H25NO. The van der Waals surface area contributed by atoms with Crippen LogP contribution in [-0.2, 0) is 11.2 Å². The zero-order chi connectivity index (χ0) is 16.1. The highest BCUT2D eigenvalue weighted by Gasteiger charge is 2.15. The Morgan fingerprint density at radius 2 is 1.77 bits per heavy atom. The molecule has 0 saturated carbocycles. The van der Waals surface area contributed by atoms with Crippen molar-refractivity contribution in [1.29, 1.82) is 0 Å². The van der Waals surface area contributed by atoms with Gasteiger partial charge in [-0.3, -0.25) is 9.78 Å². The number of rotatable bonds is 6. The second-order valence-electron chi connectivity index (χ2n) is 5.90. The first-order chi connectivity index (χ1) is 10.6. The maximum absolute atomic E-state index is 11.9. The molecule has 22 heavy (non-hydrogen) atoms. The van der Waals surface area contributed by atoms with E-state index < -0.39 is 0 Å². The Balaban J connectivity index is 2.20. The molecular weight excluding hydrogens is 270 g/mol. The van der Waals surface area contributed by atoms with Gasteiger partial charge in [-0.1, -0.05) is 38.1 Å². The molecule has 1 unspecified atom stereocenters. The van der Waals surface area contributed by atoms with Crippen LogP contribution in [-0.4, -0.2) is 10.8 Å². The number of benzene rings is 1. The predicted molar refractivity (Wildman–Crippen MR) is 91.9 cm³/mol. The monoisotopic (exact) mass is 295 g/mol. The quantitative estimate of drug-likeness (QED) is 0.757. The molecule has 2 rings (SSSR count). The van der Waals surface area contributed by atoms with Crippen LogP contribution in [0.15, 0.2) is 36.5 Å². The molecule has 1 aromatic heterocycles. The smallest absolute Gasteiger partial charge is 0.136 e. The number of carbonyl (C=O) groups excluding carboxylic acids is 1. The Bertz CT molecular complexity index is 643. The van der Waals surface area contributed by atoms with E-state index in [2.05, 4.69) is 49.2 Å². The predicted octanol–water partition coefficient (Wildman–Crippen LogP) is 4.91. The van der Waals surface area contributed by atoms with Gasteiger partial charge in [0.1, 0.15) is 5.78 Å². The van der Waals surface area contributed by atoms with E-state index in [4.69, 9.17) is 0 Å². The Morgan fingerprint density at radius 3 is 2.36 bits per heavy atom. The van der Waals surface area contributed by atoms with Gasteiger partial charge in [-0.25, -0.2) is 0 Å². The maximum Gasteiger partial charge on any atom is 0.136 e. The molecule has 116 valence electrons. The van der Waals surface area contributed by atoms with Crippen LogP contribution >= 0.6 is 0 Å². The fourth-order valence-electron chi connectivity index (χ4n) is 2.83. The molecule has 2 nitrogen and oxygen atoms in total. The topological polar surface area (TPSA) is 30.0 Å². The molecule has 0 radical (unpaired) electrons. The van der Waals surface area contributed by atoms with Crippen molar-refractivity contribution in [3.8, 4) is 11.1 Å². The molecule has 2 aromatic rings. The van der Waals surface area contributed by atoms with Crippen molar-refractivity contribution >= 4 is 5.78 Å². The summed E-state index contributed by atoms with van der Waals surface area (Å²) >= 11 is 0. The van der Waals surface area contributed by atoms with Crippen LogP contribution in [0, 0.1) is 19.8 Å². The number of ketones is 1. The van der Waals surface area contributed by atoms with Gasteiger partial charge in [-0.05, 0) is 55.0 Å². The largest absolute Gasteiger partial charge is 0.299 e. The minimum absolute atomic E-state index is 0.153. The number of carbonyl (C=O) groups is 1. The lowest BCUT2D eigenvalue weighted by Crippen LogP contribution is -2.15. The van der Waals surface area contributed by atoms with E-state index in [1.165, 1.54) is 22.3 Å². The molecule has 0 N–H and O–H groups in total. The molecule has 0 aliphatic carbocycles. The van der Waals surface area contributed by atoms with Gasteiger partial charge in [0.25, 0.3) is 0 Å². The number of aryl methyl sites for hydroxylation is 1. The van der Waals surface area contributed by atoms with E-state index in [1.807, 2.05) is 20.0 Å². The molecule has 0 aliphatic rings. The van der Waals surface area contributed by atoms with Gasteiger partial charge in [0, 0.05) is 24.2 Å². The average molecular weight is 295 g/mol. The summed E-state index contributed by atoms with van der Waals surface area (Å²) in [5.74, 6) is 0.521. The molecule has 0 bridgehead atoms. The highest BCUT2D eigenvalue weighted by molar-refractivity contribution is 5.81. The molecule has 1 atom stereocenters. The first kappa shape index (κ1) is 16.4. The van der Waals surface area contributed by atoms with Gasteiger partial charge >= 0.3 is 0 Å². The van der Waals surface area contributed by atoms with Crippen LogP contribution in [0.5, 0.6) is 0 Å². The van der Waals surface area contributed by atoms with Crippen molar-refractivity contribution in [3.05, 3.63) is 53.3 Å². The van der Waals surface area contributed by atoms with E-state index in [0.29, 0.717) is 12.2 Å². The fourth-order valence-corrected chi connectivity index (χ4v) is 2.83. The van der Waals surface area contributed by atoms with Gasteiger partial charge in [-0.15, -0.1) is 0 Å². The average Bonchev–Trinajstić information content (AvgIpc) is 2.55. The van der Waals surface area contributed by atoms with Crippen molar-refractivity contribution in [3.63, 3.8) is 0 Å². The van der Waals surface area contributed by atoms with Crippen LogP contribution in [0.25, 0.3) is 11.1 Å². The van der Waals surface area contributed by atoms with Crippen molar-refractivity contribution < 1.29 is 4.79 Å². The lowest BCUT2D eigenvalue weighted by molar-refractivity contribution is -0.122. The lowest BCUT2D eigenvalue weighted by Gasteiger charge is -2.13. The molecule has 1 aromatic carbocycles. The number of Topliss-reactive ketones (excluding diaryl/α,β-unsaturated/α-hetero) is 1. The summed E-state index contributed by atoms with van der Waals surface area (Å²) in [5.41, 5.74) is 5.97. The van der Waals surface area contributed by atoms with E-state index in [9.17, 15) is 4.79 Å². The third-order valence-electron chi connectivity index (χ3n) is 4.50. The summed E-state index contributed by atoms with van der Waals surface area (Å²) in [6.07, 6.45) is 4.25. The second kappa shape index (κ2) is 7.35. The highest BCUT2D eigenvalue weighted by atomic mass is 16.1. The Labute approximate surface area is 133 Å². The summed E-state index contributed by atoms with van der Waals surface area (Å²) in [6.45, 7) is 8.19. The standard InChI is InChI=1S/C20H25NO/c1-5-17(20(22)6-2)13-16-7-9-18(10-8-16)19-11-12-21-15(4)14(19)3/h7-12,17H,5-6,13H2,1-4H3. The Hall–Kier alpha value is -1.96. The fraction of sp³-hybridized carbons (Fsp3) is 0.400. The molecule has 0 saturated heterocycles. The summed E-state index contributed by atoms with van der Waals surface area (Å²) < 4.78 is 0. The first-order valence-corrected chi connectivity index (χ1v) is 8.11.